The molecule has 11 heteroatoms. The standard InChI is InChI=1S/C20H30N4O6S/c1-4-9-31-12-14(21)19(26)30-17-15(27-2)10-13(11-16(17)28-3)18(25)29-8-6-5-7-24-20(22)23/h4,10-11,14H,1,5-9,12,21H2,2-3H3,(H4,22,23,24)/t14-/m0/s1. The van der Waals surface area contributed by atoms with Crippen LogP contribution in [0.25, 0.3) is 0 Å². The normalized spacial score (nSPS) is 11.2. The molecule has 0 unspecified atom stereocenters. The number of hydrogen-bond donors (Lipinski definition) is 3. The maximum Gasteiger partial charge on any atom is 0.338 e. The van der Waals surface area contributed by atoms with Gasteiger partial charge in [0.05, 0.1) is 26.4 Å². The number of thioether (sulfide) groups is 1. The van der Waals surface area contributed by atoms with E-state index in [4.69, 9.17) is 36.1 Å². The van der Waals surface area contributed by atoms with Crippen LogP contribution in [-0.2, 0) is 9.53 Å². The van der Waals surface area contributed by atoms with E-state index < -0.39 is 18.0 Å². The summed E-state index contributed by atoms with van der Waals surface area (Å²) >= 11 is 1.45. The van der Waals surface area contributed by atoms with Gasteiger partial charge in [0, 0.05) is 18.1 Å². The van der Waals surface area contributed by atoms with Crippen molar-refractivity contribution in [3.63, 3.8) is 0 Å². The minimum Gasteiger partial charge on any atom is -0.493 e. The fourth-order valence-electron chi connectivity index (χ4n) is 2.29. The van der Waals surface area contributed by atoms with Gasteiger partial charge in [-0.2, -0.15) is 11.8 Å². The molecule has 31 heavy (non-hydrogen) atoms. The number of ether oxygens (including phenoxy) is 4. The molecule has 0 amide bonds. The van der Waals surface area contributed by atoms with Gasteiger partial charge in [-0.15, -0.1) is 6.58 Å². The van der Waals surface area contributed by atoms with Crippen LogP contribution in [0, 0.1) is 0 Å². The largest absolute Gasteiger partial charge is 0.493 e. The van der Waals surface area contributed by atoms with Crippen molar-refractivity contribution in [2.75, 3.05) is 38.9 Å². The first-order chi connectivity index (χ1) is 14.8. The summed E-state index contributed by atoms with van der Waals surface area (Å²) < 4.78 is 21.2. The second kappa shape index (κ2) is 14.1. The zero-order valence-corrected chi connectivity index (χ0v) is 18.6. The van der Waals surface area contributed by atoms with Crippen molar-refractivity contribution in [1.29, 1.82) is 0 Å². The number of methoxy groups -OCH3 is 2. The Morgan fingerprint density at radius 3 is 2.39 bits per heavy atom. The molecule has 0 aliphatic heterocycles. The highest BCUT2D eigenvalue weighted by Crippen LogP contribution is 2.39. The average molecular weight is 455 g/mol. The molecule has 0 bridgehead atoms. The fraction of sp³-hybridized carbons (Fsp3) is 0.450. The lowest BCUT2D eigenvalue weighted by Crippen LogP contribution is -2.36. The van der Waals surface area contributed by atoms with Crippen molar-refractivity contribution in [3.05, 3.63) is 30.4 Å². The topological polar surface area (TPSA) is 161 Å². The number of benzene rings is 1. The lowest BCUT2D eigenvalue weighted by atomic mass is 10.2. The molecule has 10 nitrogen and oxygen atoms in total. The number of rotatable bonds is 14. The molecule has 0 saturated heterocycles. The van der Waals surface area contributed by atoms with Crippen LogP contribution >= 0.6 is 11.8 Å². The van der Waals surface area contributed by atoms with E-state index in [9.17, 15) is 9.59 Å². The van der Waals surface area contributed by atoms with Gasteiger partial charge in [-0.05, 0) is 25.0 Å². The Balaban J connectivity index is 2.81. The van der Waals surface area contributed by atoms with Crippen LogP contribution in [0.1, 0.15) is 23.2 Å². The first-order valence-corrected chi connectivity index (χ1v) is 10.6. The number of guanidine groups is 1. The second-order valence-electron chi connectivity index (χ2n) is 6.21. The summed E-state index contributed by atoms with van der Waals surface area (Å²) in [6.07, 6.45) is 2.98. The number of unbranched alkanes of at least 4 members (excludes halogenated alkanes) is 1. The van der Waals surface area contributed by atoms with E-state index >= 15 is 0 Å². The van der Waals surface area contributed by atoms with E-state index in [-0.39, 0.29) is 35.4 Å². The molecule has 0 radical (unpaired) electrons. The Labute approximate surface area is 186 Å². The Morgan fingerprint density at radius 2 is 1.84 bits per heavy atom. The highest BCUT2D eigenvalue weighted by Gasteiger charge is 2.23. The highest BCUT2D eigenvalue weighted by atomic mass is 32.2. The monoisotopic (exact) mass is 454 g/mol. The van der Waals surface area contributed by atoms with E-state index in [1.54, 1.807) is 6.08 Å². The third-order valence-electron chi connectivity index (χ3n) is 3.81. The molecule has 0 heterocycles. The molecule has 1 atom stereocenters. The third-order valence-corrected chi connectivity index (χ3v) is 4.88. The quantitative estimate of drug-likeness (QED) is 0.0925. The molecular formula is C20H30N4O6S. The Bertz CT molecular complexity index is 758. The number of carbonyl (C=O) groups is 2. The van der Waals surface area contributed by atoms with E-state index in [1.807, 2.05) is 0 Å². The van der Waals surface area contributed by atoms with Gasteiger partial charge in [0.25, 0.3) is 0 Å². The van der Waals surface area contributed by atoms with Gasteiger partial charge in [-0.3, -0.25) is 4.99 Å². The molecule has 0 aliphatic carbocycles. The smallest absolute Gasteiger partial charge is 0.338 e. The number of esters is 2. The van der Waals surface area contributed by atoms with E-state index in [2.05, 4.69) is 11.6 Å². The zero-order valence-electron chi connectivity index (χ0n) is 17.8. The predicted octanol–water partition coefficient (Wildman–Crippen LogP) is 1.07. The minimum absolute atomic E-state index is 0.0217. The van der Waals surface area contributed by atoms with Crippen LogP contribution in [0.15, 0.2) is 29.8 Å². The zero-order chi connectivity index (χ0) is 23.2. The fourth-order valence-corrected chi connectivity index (χ4v) is 2.98. The highest BCUT2D eigenvalue weighted by molar-refractivity contribution is 7.99. The van der Waals surface area contributed by atoms with Gasteiger partial charge in [-0.25, -0.2) is 9.59 Å². The van der Waals surface area contributed by atoms with Crippen molar-refractivity contribution in [1.82, 2.24) is 0 Å². The number of aliphatic imine (C=N–C) groups is 1. The van der Waals surface area contributed by atoms with Crippen molar-refractivity contribution < 1.29 is 28.5 Å². The third kappa shape index (κ3) is 9.18. The molecule has 1 aromatic carbocycles. The Morgan fingerprint density at radius 1 is 1.19 bits per heavy atom. The van der Waals surface area contributed by atoms with Crippen molar-refractivity contribution in [3.8, 4) is 17.2 Å². The number of nitrogens with zero attached hydrogens (tertiary/aromatic N) is 1. The maximum atomic E-state index is 12.4. The SMILES string of the molecule is C=CCSC[C@H](N)C(=O)Oc1c(OC)cc(C(=O)OCCCCN=C(N)N)cc1OC. The van der Waals surface area contributed by atoms with Gasteiger partial charge in [0.1, 0.15) is 6.04 Å². The molecule has 0 saturated carbocycles. The van der Waals surface area contributed by atoms with Crippen LogP contribution in [0.4, 0.5) is 0 Å². The number of hydrogen-bond acceptors (Lipinski definition) is 9. The Hall–Kier alpha value is -2.92. The van der Waals surface area contributed by atoms with Crippen molar-refractivity contribution in [2.24, 2.45) is 22.2 Å². The van der Waals surface area contributed by atoms with Gasteiger partial charge >= 0.3 is 11.9 Å². The molecular weight excluding hydrogens is 424 g/mol. The van der Waals surface area contributed by atoms with Gasteiger partial charge in [0.2, 0.25) is 5.75 Å². The van der Waals surface area contributed by atoms with Crippen LogP contribution in [0.5, 0.6) is 17.2 Å². The summed E-state index contributed by atoms with van der Waals surface area (Å²) in [6, 6.07) is 1.97. The molecule has 0 spiro atoms. The molecule has 1 aromatic rings. The molecule has 0 aromatic heterocycles. The van der Waals surface area contributed by atoms with Crippen molar-refractivity contribution >= 4 is 29.7 Å². The van der Waals surface area contributed by atoms with Crippen LogP contribution in [0.3, 0.4) is 0 Å². The summed E-state index contributed by atoms with van der Waals surface area (Å²) in [6.45, 7) is 4.26. The molecule has 0 fully saturated rings. The molecule has 6 N–H and O–H groups in total. The summed E-state index contributed by atoms with van der Waals surface area (Å²) in [5, 5.41) is 0. The Kier molecular flexibility index (Phi) is 11.9. The molecule has 172 valence electrons. The van der Waals surface area contributed by atoms with E-state index in [0.29, 0.717) is 30.9 Å². The maximum absolute atomic E-state index is 12.4. The average Bonchev–Trinajstić information content (AvgIpc) is 2.75. The predicted molar refractivity (Wildman–Crippen MR) is 121 cm³/mol. The number of carbonyl (C=O) groups excluding carboxylic acids is 2. The van der Waals surface area contributed by atoms with Gasteiger partial charge in [-0.1, -0.05) is 6.08 Å². The van der Waals surface area contributed by atoms with E-state index in [1.165, 1.54) is 38.1 Å². The van der Waals surface area contributed by atoms with Crippen molar-refractivity contribution in [2.45, 2.75) is 18.9 Å². The summed E-state index contributed by atoms with van der Waals surface area (Å²) in [5.74, 6) is 0.137. The lowest BCUT2D eigenvalue weighted by molar-refractivity contribution is -0.135. The lowest BCUT2D eigenvalue weighted by Gasteiger charge is -2.16. The van der Waals surface area contributed by atoms with Gasteiger partial charge in [0.15, 0.2) is 17.5 Å². The summed E-state index contributed by atoms with van der Waals surface area (Å²) in [7, 11) is 2.76. The van der Waals surface area contributed by atoms with Crippen LogP contribution in [0.2, 0.25) is 0 Å². The van der Waals surface area contributed by atoms with Crippen LogP contribution in [-0.4, -0.2) is 62.8 Å². The molecule has 1 rings (SSSR count). The minimum atomic E-state index is -0.844. The van der Waals surface area contributed by atoms with Gasteiger partial charge < -0.3 is 36.1 Å². The van der Waals surface area contributed by atoms with E-state index in [0.717, 1.165) is 0 Å². The first kappa shape index (κ1) is 26.1. The summed E-state index contributed by atoms with van der Waals surface area (Å²) in [4.78, 5) is 28.5. The second-order valence-corrected chi connectivity index (χ2v) is 7.29. The molecule has 0 aliphatic rings. The first-order valence-electron chi connectivity index (χ1n) is 9.48. The summed E-state index contributed by atoms with van der Waals surface area (Å²) in [5.41, 5.74) is 16.5. The van der Waals surface area contributed by atoms with Crippen LogP contribution < -0.4 is 31.4 Å². The number of nitrogens with two attached hydrogens (primary N) is 3.